The van der Waals surface area contributed by atoms with Crippen LogP contribution >= 0.6 is 11.8 Å². The molecule has 1 heterocycles. The van der Waals surface area contributed by atoms with Crippen LogP contribution in [0.15, 0.2) is 11.5 Å². The average molecular weight is 314 g/mol. The van der Waals surface area contributed by atoms with Crippen LogP contribution in [0.25, 0.3) is 0 Å². The quantitative estimate of drug-likeness (QED) is 0.580. The molecular formula is C12H18N4O4S. The number of carbonyl (C=O) groups excluding carboxylic acids is 1. The summed E-state index contributed by atoms with van der Waals surface area (Å²) in [4.78, 5) is 22.3. The Morgan fingerprint density at radius 1 is 1.57 bits per heavy atom. The molecule has 1 aliphatic rings. The van der Waals surface area contributed by atoms with E-state index >= 15 is 0 Å². The van der Waals surface area contributed by atoms with E-state index in [0.29, 0.717) is 11.2 Å². The largest absolute Gasteiger partial charge is 0.481 e. The van der Waals surface area contributed by atoms with Crippen LogP contribution in [0.5, 0.6) is 0 Å². The minimum absolute atomic E-state index is 0.103. The first-order valence-electron chi connectivity index (χ1n) is 6.60. The Labute approximate surface area is 125 Å². The van der Waals surface area contributed by atoms with Gasteiger partial charge in [-0.05, 0) is 19.8 Å². The van der Waals surface area contributed by atoms with Crippen molar-refractivity contribution in [3.63, 3.8) is 0 Å². The molecule has 9 heteroatoms. The van der Waals surface area contributed by atoms with Gasteiger partial charge in [0.05, 0.1) is 17.8 Å². The fourth-order valence-electron chi connectivity index (χ4n) is 1.80. The fraction of sp³-hybridized carbons (Fsp3) is 0.667. The van der Waals surface area contributed by atoms with Gasteiger partial charge in [-0.1, -0.05) is 11.8 Å². The van der Waals surface area contributed by atoms with Crippen molar-refractivity contribution in [3.8, 4) is 0 Å². The molecule has 0 aromatic carbocycles. The van der Waals surface area contributed by atoms with Crippen molar-refractivity contribution in [1.29, 1.82) is 0 Å². The van der Waals surface area contributed by atoms with Crippen molar-refractivity contribution in [2.24, 2.45) is 0 Å². The van der Waals surface area contributed by atoms with Crippen LogP contribution in [0.3, 0.4) is 0 Å². The Bertz CT molecular complexity index is 527. The van der Waals surface area contributed by atoms with Gasteiger partial charge in [0.15, 0.2) is 5.16 Å². The minimum Gasteiger partial charge on any atom is -0.481 e. The van der Waals surface area contributed by atoms with Crippen LogP contribution in [0.1, 0.15) is 32.2 Å². The Morgan fingerprint density at radius 2 is 2.29 bits per heavy atom. The fourth-order valence-corrected chi connectivity index (χ4v) is 2.61. The summed E-state index contributed by atoms with van der Waals surface area (Å²) in [5.41, 5.74) is -1.46. The molecule has 1 saturated carbocycles. The lowest BCUT2D eigenvalue weighted by Crippen LogP contribution is -2.42. The van der Waals surface area contributed by atoms with Crippen LogP contribution in [0.4, 0.5) is 0 Å². The molecule has 0 bridgehead atoms. The highest BCUT2D eigenvalue weighted by atomic mass is 32.2. The summed E-state index contributed by atoms with van der Waals surface area (Å²) in [6.45, 7) is 1.27. The molecule has 1 aliphatic carbocycles. The number of aromatic nitrogens is 3. The number of carbonyl (C=O) groups is 2. The molecule has 8 nitrogen and oxygen atoms in total. The minimum atomic E-state index is -1.46. The van der Waals surface area contributed by atoms with Crippen molar-refractivity contribution < 1.29 is 19.8 Å². The van der Waals surface area contributed by atoms with Gasteiger partial charge < -0.3 is 20.1 Å². The Kier molecular flexibility index (Phi) is 4.84. The van der Waals surface area contributed by atoms with Gasteiger partial charge in [0.25, 0.3) is 0 Å². The maximum absolute atomic E-state index is 11.7. The topological polar surface area (TPSA) is 117 Å². The second-order valence-electron chi connectivity index (χ2n) is 5.38. The molecule has 3 N–H and O–H groups in total. The SMILES string of the molecule is CC(O)(CNC(=O)CSc1nncn1C1CC1)CC(=O)O. The number of carboxylic acids is 1. The molecule has 21 heavy (non-hydrogen) atoms. The molecule has 0 saturated heterocycles. The standard InChI is InChI=1S/C12H18N4O4S/c1-12(20,4-10(18)19)6-13-9(17)5-21-11-15-14-7-16(11)8-2-3-8/h7-8,20H,2-6H2,1H3,(H,13,17)(H,18,19). The number of aliphatic carboxylic acids is 1. The van der Waals surface area contributed by atoms with Crippen molar-refractivity contribution in [3.05, 3.63) is 6.33 Å². The highest BCUT2D eigenvalue weighted by Crippen LogP contribution is 2.37. The van der Waals surface area contributed by atoms with Gasteiger partial charge >= 0.3 is 5.97 Å². The lowest BCUT2D eigenvalue weighted by Gasteiger charge is -2.21. The Hall–Kier alpha value is -1.61. The van der Waals surface area contributed by atoms with Gasteiger partial charge in [-0.25, -0.2) is 0 Å². The third-order valence-corrected chi connectivity index (χ3v) is 3.97. The van der Waals surface area contributed by atoms with E-state index in [1.807, 2.05) is 4.57 Å². The van der Waals surface area contributed by atoms with Gasteiger partial charge in [-0.15, -0.1) is 10.2 Å². The Balaban J connectivity index is 1.74. The van der Waals surface area contributed by atoms with Crippen LogP contribution in [-0.4, -0.2) is 54.8 Å². The van der Waals surface area contributed by atoms with Gasteiger partial charge in [0.2, 0.25) is 5.91 Å². The maximum Gasteiger partial charge on any atom is 0.306 e. The molecule has 0 aliphatic heterocycles. The molecule has 1 fully saturated rings. The second-order valence-corrected chi connectivity index (χ2v) is 6.33. The number of nitrogens with zero attached hydrogens (tertiary/aromatic N) is 3. The summed E-state index contributed by atoms with van der Waals surface area (Å²) >= 11 is 1.27. The molecule has 2 rings (SSSR count). The van der Waals surface area contributed by atoms with Gasteiger partial charge in [0, 0.05) is 12.6 Å². The van der Waals surface area contributed by atoms with E-state index < -0.39 is 18.0 Å². The van der Waals surface area contributed by atoms with E-state index in [1.165, 1.54) is 18.7 Å². The summed E-state index contributed by atoms with van der Waals surface area (Å²) < 4.78 is 1.96. The summed E-state index contributed by atoms with van der Waals surface area (Å²) in [7, 11) is 0. The monoisotopic (exact) mass is 314 g/mol. The van der Waals surface area contributed by atoms with Gasteiger partial charge in [-0.2, -0.15) is 0 Å². The molecule has 1 amide bonds. The number of hydrogen-bond donors (Lipinski definition) is 3. The predicted octanol–water partition coefficient (Wildman–Crippen LogP) is 0.0470. The van der Waals surface area contributed by atoms with E-state index in [9.17, 15) is 14.7 Å². The first-order chi connectivity index (χ1) is 9.87. The van der Waals surface area contributed by atoms with Crippen molar-refractivity contribution >= 4 is 23.6 Å². The zero-order valence-electron chi connectivity index (χ0n) is 11.7. The van der Waals surface area contributed by atoms with Crippen LogP contribution < -0.4 is 5.32 Å². The zero-order valence-corrected chi connectivity index (χ0v) is 12.5. The number of hydrogen-bond acceptors (Lipinski definition) is 6. The third kappa shape index (κ3) is 5.01. The molecule has 0 radical (unpaired) electrons. The van der Waals surface area contributed by atoms with Crippen LogP contribution in [-0.2, 0) is 9.59 Å². The van der Waals surface area contributed by atoms with Crippen LogP contribution in [0, 0.1) is 0 Å². The van der Waals surface area contributed by atoms with Crippen molar-refractivity contribution in [1.82, 2.24) is 20.1 Å². The van der Waals surface area contributed by atoms with Crippen molar-refractivity contribution in [2.45, 2.75) is 43.0 Å². The highest BCUT2D eigenvalue weighted by Gasteiger charge is 2.27. The molecule has 1 unspecified atom stereocenters. The second kappa shape index (κ2) is 6.44. The van der Waals surface area contributed by atoms with Crippen molar-refractivity contribution in [2.75, 3.05) is 12.3 Å². The molecule has 0 spiro atoms. The zero-order chi connectivity index (χ0) is 15.5. The van der Waals surface area contributed by atoms with E-state index in [2.05, 4.69) is 15.5 Å². The number of thioether (sulfide) groups is 1. The van der Waals surface area contributed by atoms with E-state index in [4.69, 9.17) is 5.11 Å². The number of rotatable bonds is 8. The van der Waals surface area contributed by atoms with Gasteiger partial charge in [-0.3, -0.25) is 9.59 Å². The summed E-state index contributed by atoms with van der Waals surface area (Å²) in [6.07, 6.45) is 3.46. The average Bonchev–Trinajstić information content (AvgIpc) is 3.12. The third-order valence-electron chi connectivity index (χ3n) is 3.01. The highest BCUT2D eigenvalue weighted by molar-refractivity contribution is 7.99. The summed E-state index contributed by atoms with van der Waals surface area (Å²) in [6, 6.07) is 0.446. The molecule has 116 valence electrons. The van der Waals surface area contributed by atoms with E-state index in [0.717, 1.165) is 12.8 Å². The first-order valence-corrected chi connectivity index (χ1v) is 7.59. The smallest absolute Gasteiger partial charge is 0.306 e. The maximum atomic E-state index is 11.7. The Morgan fingerprint density at radius 3 is 2.90 bits per heavy atom. The summed E-state index contributed by atoms with van der Waals surface area (Å²) in [5, 5.41) is 29.4. The van der Waals surface area contributed by atoms with Gasteiger partial charge in [0.1, 0.15) is 6.33 Å². The molecule has 1 aromatic rings. The van der Waals surface area contributed by atoms with Crippen LogP contribution in [0.2, 0.25) is 0 Å². The molecule has 1 aromatic heterocycles. The number of nitrogens with one attached hydrogen (secondary N) is 1. The normalized spacial score (nSPS) is 17.2. The predicted molar refractivity (Wildman–Crippen MR) is 74.9 cm³/mol. The lowest BCUT2D eigenvalue weighted by atomic mass is 10.0. The number of aliphatic hydroxyl groups is 1. The molecule has 1 atom stereocenters. The van der Waals surface area contributed by atoms with E-state index in [-0.39, 0.29) is 18.2 Å². The first kappa shape index (κ1) is 15.8. The number of carboxylic acid groups (broad SMARTS) is 1. The number of amides is 1. The lowest BCUT2D eigenvalue weighted by molar-refractivity contribution is -0.142. The molecular weight excluding hydrogens is 296 g/mol. The van der Waals surface area contributed by atoms with E-state index in [1.54, 1.807) is 6.33 Å². The summed E-state index contributed by atoms with van der Waals surface area (Å²) in [5.74, 6) is -1.24.